The molecular weight excluding hydrogens is 1010 g/mol. The number of methoxy groups -OCH3 is 2. The highest BCUT2D eigenvalue weighted by atomic mass is 32.2. The Morgan fingerprint density at radius 3 is 1.68 bits per heavy atom. The van der Waals surface area contributed by atoms with Crippen molar-refractivity contribution in [3.63, 3.8) is 0 Å². The minimum Gasteiger partial charge on any atom is -0.806 e. The zero-order chi connectivity index (χ0) is 55.5. The van der Waals surface area contributed by atoms with Crippen molar-refractivity contribution in [2.45, 2.75) is 89.4 Å². The van der Waals surface area contributed by atoms with Gasteiger partial charge in [-0.05, 0) is 98.2 Å². The summed E-state index contributed by atoms with van der Waals surface area (Å²) in [4.78, 5) is 30.4. The number of carbonyl (C=O) groups excluding carboxylic acids is 1. The van der Waals surface area contributed by atoms with Gasteiger partial charge in [0.25, 0.3) is 16.0 Å². The van der Waals surface area contributed by atoms with Crippen molar-refractivity contribution in [2.24, 2.45) is 4.40 Å². The predicted octanol–water partition coefficient (Wildman–Crippen LogP) is 7.68. The summed E-state index contributed by atoms with van der Waals surface area (Å²) >= 11 is 0. The molecule has 0 spiro atoms. The number of aromatic nitrogens is 7. The minimum absolute atomic E-state index is 0.00278. The summed E-state index contributed by atoms with van der Waals surface area (Å²) in [7, 11) is -1.63. The standard InChI is InChI=1S/C22H26FN5O4S.C15H17FN2O.C14H19N5O3S/c1-13(2)17-9-16(23)10-18(15-6-7-24-19(8-15)32-5)21(17)26-22(29)27-33(30,31)20-11-28(12-25-20)14(3)4;1-9(2)12-7-11(16)8-13(15(12)17)10-4-5-18-14(6-10)19-3;1-11(2)19-9-13(15-10-19)23(21,22)16-14(20)18-7-5-12(6-8-18)17(3)4/h6-14H,1-5H3,(H2,26,27,29);4-9H,17H2,1-3H3;5-11H,1-4H3. The molecule has 0 saturated carbocycles. The minimum atomic E-state index is -4.22. The molecular formula is C51H62F2N12O8S2. The zero-order valence-electron chi connectivity index (χ0n) is 43.6. The van der Waals surface area contributed by atoms with Crippen LogP contribution >= 0.6 is 0 Å². The molecule has 24 heteroatoms. The van der Waals surface area contributed by atoms with Crippen LogP contribution in [0.25, 0.3) is 22.3 Å². The molecule has 7 rings (SSSR count). The van der Waals surface area contributed by atoms with Gasteiger partial charge in [-0.15, -0.1) is 0 Å². The first-order valence-electron chi connectivity index (χ1n) is 23.3. The highest BCUT2D eigenvalue weighted by Gasteiger charge is 2.26. The number of nitrogens with two attached hydrogens (primary N) is 1. The number of hydrogen-bond acceptors (Lipinski definition) is 14. The summed E-state index contributed by atoms with van der Waals surface area (Å²) < 4.78 is 97.6. The maximum absolute atomic E-state index is 14.5. The molecule has 0 atom stereocenters. The molecule has 7 aromatic rings. The van der Waals surface area contributed by atoms with Crippen LogP contribution in [0.5, 0.6) is 11.8 Å². The summed E-state index contributed by atoms with van der Waals surface area (Å²) in [5.41, 5.74) is 11.6. The molecule has 0 aliphatic rings. The first kappa shape index (κ1) is 57.9. The van der Waals surface area contributed by atoms with E-state index in [-0.39, 0.29) is 45.5 Å². The summed E-state index contributed by atoms with van der Waals surface area (Å²) in [5, 5.41) is 14.1. The second-order valence-electron chi connectivity index (χ2n) is 18.1. The van der Waals surface area contributed by atoms with Crippen LogP contribution in [0, 0.1) is 11.6 Å². The van der Waals surface area contributed by atoms with Gasteiger partial charge in [-0.2, -0.15) is 16.8 Å². The third-order valence-electron chi connectivity index (χ3n) is 11.2. The number of nitrogen functional groups attached to an aromatic ring is 1. The average Bonchev–Trinajstić information content (AvgIpc) is 4.09. The number of sulfonamides is 2. The van der Waals surface area contributed by atoms with E-state index >= 15 is 0 Å². The van der Waals surface area contributed by atoms with Crippen molar-refractivity contribution in [2.75, 3.05) is 44.3 Å². The molecule has 400 valence electrons. The Labute approximate surface area is 436 Å². The van der Waals surface area contributed by atoms with Crippen molar-refractivity contribution in [3.8, 4) is 34.0 Å². The number of halogens is 2. The van der Waals surface area contributed by atoms with E-state index in [4.69, 9.17) is 15.2 Å². The molecule has 0 fully saturated rings. The summed E-state index contributed by atoms with van der Waals surface area (Å²) in [5.74, 6) is -0.00480. The first-order valence-corrected chi connectivity index (χ1v) is 26.2. The fourth-order valence-electron chi connectivity index (χ4n) is 7.01. The lowest BCUT2D eigenvalue weighted by molar-refractivity contribution is -0.613. The fraction of sp³-hybridized carbons (Fsp3) is 0.314. The molecule has 2 amide bonds. The number of anilines is 3. The van der Waals surface area contributed by atoms with Crippen molar-refractivity contribution in [3.05, 3.63) is 133 Å². The zero-order valence-corrected chi connectivity index (χ0v) is 45.3. The molecule has 0 saturated heterocycles. The second-order valence-corrected chi connectivity index (χ2v) is 21.3. The van der Waals surface area contributed by atoms with Crippen LogP contribution in [0.3, 0.4) is 0 Å². The Morgan fingerprint density at radius 2 is 1.20 bits per heavy atom. The summed E-state index contributed by atoms with van der Waals surface area (Å²) in [6, 6.07) is 13.8. The van der Waals surface area contributed by atoms with Crippen LogP contribution in [-0.2, 0) is 20.0 Å². The third kappa shape index (κ3) is 15.1. The Bertz CT molecular complexity index is 3360. The molecule has 0 aliphatic heterocycles. The van der Waals surface area contributed by atoms with E-state index < -0.39 is 37.9 Å². The smallest absolute Gasteiger partial charge is 0.387 e. The van der Waals surface area contributed by atoms with Gasteiger partial charge in [-0.1, -0.05) is 27.7 Å². The van der Waals surface area contributed by atoms with E-state index in [1.807, 2.05) is 79.1 Å². The largest absolute Gasteiger partial charge is 0.806 e. The van der Waals surface area contributed by atoms with E-state index in [1.165, 1.54) is 75.0 Å². The van der Waals surface area contributed by atoms with Gasteiger partial charge in [0.1, 0.15) is 11.6 Å². The highest BCUT2D eigenvalue weighted by molar-refractivity contribution is 7.90. The number of carbonyl (C=O) groups is 1. The topological polar surface area (TPSA) is 258 Å². The molecule has 75 heavy (non-hydrogen) atoms. The Balaban J connectivity index is 0.000000218. The Morgan fingerprint density at radius 1 is 0.720 bits per heavy atom. The fourth-order valence-corrected chi connectivity index (χ4v) is 8.68. The van der Waals surface area contributed by atoms with Gasteiger partial charge in [-0.25, -0.2) is 42.8 Å². The van der Waals surface area contributed by atoms with Gasteiger partial charge in [0, 0.05) is 102 Å². The van der Waals surface area contributed by atoms with Crippen LogP contribution in [0.4, 0.5) is 30.6 Å². The van der Waals surface area contributed by atoms with Gasteiger partial charge in [0.05, 0.1) is 45.0 Å². The Hall–Kier alpha value is -7.99. The van der Waals surface area contributed by atoms with Gasteiger partial charge in [0.15, 0.2) is 5.03 Å². The van der Waals surface area contributed by atoms with Crippen LogP contribution in [-0.4, -0.2) is 86.3 Å². The second kappa shape index (κ2) is 24.8. The maximum Gasteiger partial charge on any atom is 0.387 e. The molecule has 2 aromatic carbocycles. The van der Waals surface area contributed by atoms with Crippen molar-refractivity contribution in [1.82, 2.24) is 33.8 Å². The van der Waals surface area contributed by atoms with Crippen LogP contribution in [0.2, 0.25) is 0 Å². The molecule has 0 aliphatic carbocycles. The first-order chi connectivity index (χ1) is 35.2. The number of urea groups is 1. The number of rotatable bonds is 14. The van der Waals surface area contributed by atoms with Gasteiger partial charge >= 0.3 is 16.1 Å². The van der Waals surface area contributed by atoms with Crippen LogP contribution < -0.4 is 39.8 Å². The van der Waals surface area contributed by atoms with E-state index in [2.05, 4.69) is 29.7 Å². The number of nitrogens with zero attached hydrogens (tertiary/aromatic N) is 9. The number of ether oxygens (including phenoxy) is 2. The van der Waals surface area contributed by atoms with Gasteiger partial charge in [0.2, 0.25) is 16.8 Å². The van der Waals surface area contributed by atoms with Crippen LogP contribution in [0.1, 0.15) is 90.4 Å². The normalized spacial score (nSPS) is 11.7. The molecule has 0 unspecified atom stereocenters. The van der Waals surface area contributed by atoms with Gasteiger partial charge < -0.3 is 39.7 Å². The SMILES string of the molecule is CC(C)n1cnc(S(=O)(=O)N=C([O-])[n+]2ccc(N(C)C)cc2)c1.COc1cc(-c2cc(F)cc(C(C)C)c2N)ccn1.COc1cc(-c2cc(F)cc(C(C)C)c2NC(=O)NS(=O)(=O)c2cn(C(C)C)cn2)ccn1. The lowest BCUT2D eigenvalue weighted by Gasteiger charge is -2.19. The van der Waals surface area contributed by atoms with Crippen molar-refractivity contribution >= 4 is 49.2 Å². The number of nitrogens with one attached hydrogen (secondary N) is 2. The third-order valence-corrected chi connectivity index (χ3v) is 13.5. The van der Waals surface area contributed by atoms with E-state index in [9.17, 15) is 35.5 Å². The van der Waals surface area contributed by atoms with Crippen molar-refractivity contribution < 1.29 is 49.6 Å². The summed E-state index contributed by atoms with van der Waals surface area (Å²) in [6.07, 6.45) is 11.5. The van der Waals surface area contributed by atoms with E-state index in [0.29, 0.717) is 39.7 Å². The number of amides is 2. The van der Waals surface area contributed by atoms with Crippen LogP contribution in [0.15, 0.2) is 125 Å². The Kier molecular flexibility index (Phi) is 19.2. The number of imidazole rings is 2. The molecule has 20 nitrogen and oxygen atoms in total. The summed E-state index contributed by atoms with van der Waals surface area (Å²) in [6.45, 7) is 15.2. The number of benzene rings is 2. The lowest BCUT2D eigenvalue weighted by atomic mass is 9.94. The number of pyridine rings is 3. The maximum atomic E-state index is 14.5. The monoisotopic (exact) mass is 1070 g/mol. The lowest BCUT2D eigenvalue weighted by Crippen LogP contribution is -2.50. The average molecular weight is 1070 g/mol. The highest BCUT2D eigenvalue weighted by Crippen LogP contribution is 2.37. The van der Waals surface area contributed by atoms with E-state index in [1.54, 1.807) is 58.8 Å². The molecule has 4 N–H and O–H groups in total. The molecule has 0 radical (unpaired) electrons. The quantitative estimate of drug-likeness (QED) is 0.0409. The molecule has 5 aromatic heterocycles. The number of hydrogen-bond donors (Lipinski definition) is 3. The molecule has 5 heterocycles. The van der Waals surface area contributed by atoms with Gasteiger partial charge in [-0.3, -0.25) is 0 Å². The molecule has 0 bridgehead atoms. The van der Waals surface area contributed by atoms with E-state index in [0.717, 1.165) is 21.4 Å². The predicted molar refractivity (Wildman–Crippen MR) is 281 cm³/mol. The van der Waals surface area contributed by atoms with Crippen molar-refractivity contribution in [1.29, 1.82) is 0 Å².